The van der Waals surface area contributed by atoms with Crippen molar-refractivity contribution in [2.45, 2.75) is 5.03 Å². The van der Waals surface area contributed by atoms with E-state index in [0.29, 0.717) is 20.9 Å². The molecule has 25 heavy (non-hydrogen) atoms. The van der Waals surface area contributed by atoms with Crippen LogP contribution in [0, 0.1) is 5.82 Å². The molecule has 0 unspecified atom stereocenters. The maximum Gasteiger partial charge on any atom is 0.183 e. The molecule has 0 amide bonds. The number of aliphatic imine (C=N–C) groups is 1. The Labute approximate surface area is 157 Å². The minimum absolute atomic E-state index is 0.185. The van der Waals surface area contributed by atoms with E-state index in [9.17, 15) is 4.39 Å². The van der Waals surface area contributed by atoms with E-state index in [2.05, 4.69) is 41.5 Å². The summed E-state index contributed by atoms with van der Waals surface area (Å²) in [7, 11) is 0. The molecule has 0 bridgehead atoms. The summed E-state index contributed by atoms with van der Waals surface area (Å²) >= 11 is 4.66. The van der Waals surface area contributed by atoms with Crippen molar-refractivity contribution in [1.29, 1.82) is 0 Å². The highest BCUT2D eigenvalue weighted by Crippen LogP contribution is 2.24. The molecule has 1 aliphatic heterocycles. The highest BCUT2D eigenvalue weighted by atomic mass is 79.9. The normalized spacial score (nSPS) is 16.3. The molecular formula is C15H18BrFN6OS. The molecular weight excluding hydrogens is 411 g/mol. The number of piperazine rings is 1. The van der Waals surface area contributed by atoms with Gasteiger partial charge in [-0.05, 0) is 44.4 Å². The molecule has 10 heteroatoms. The van der Waals surface area contributed by atoms with Crippen molar-refractivity contribution in [2.24, 2.45) is 10.7 Å². The third kappa shape index (κ3) is 5.00. The van der Waals surface area contributed by atoms with Crippen molar-refractivity contribution in [3.8, 4) is 0 Å². The topological polar surface area (TPSA) is 92.6 Å². The first kappa shape index (κ1) is 18.3. The van der Waals surface area contributed by atoms with E-state index in [1.165, 1.54) is 23.9 Å². The summed E-state index contributed by atoms with van der Waals surface area (Å²) in [5, 5.41) is 11.7. The number of halogens is 2. The van der Waals surface area contributed by atoms with Gasteiger partial charge < -0.3 is 11.1 Å². The number of nitrogens with two attached hydrogens (primary N) is 1. The van der Waals surface area contributed by atoms with E-state index in [1.807, 2.05) is 0 Å². The molecule has 134 valence electrons. The molecule has 3 rings (SSSR count). The molecule has 2 aromatic rings. The molecule has 0 radical (unpaired) electrons. The largest absolute Gasteiger partial charge is 0.382 e. The van der Waals surface area contributed by atoms with Crippen LogP contribution in [0.1, 0.15) is 5.69 Å². The van der Waals surface area contributed by atoms with Gasteiger partial charge in [0.1, 0.15) is 5.82 Å². The third-order valence-electron chi connectivity index (χ3n) is 3.71. The van der Waals surface area contributed by atoms with Crippen LogP contribution in [0.3, 0.4) is 0 Å². The van der Waals surface area contributed by atoms with Crippen molar-refractivity contribution >= 4 is 39.2 Å². The van der Waals surface area contributed by atoms with Gasteiger partial charge in [0.05, 0.1) is 10.2 Å². The molecule has 7 nitrogen and oxygen atoms in total. The summed E-state index contributed by atoms with van der Waals surface area (Å²) < 4.78 is 18.4. The Bertz CT molecular complexity index is 749. The third-order valence-corrected chi connectivity index (χ3v) is 5.25. The number of amidine groups is 1. The van der Waals surface area contributed by atoms with Gasteiger partial charge in [0.2, 0.25) is 0 Å². The lowest BCUT2D eigenvalue weighted by Crippen LogP contribution is -2.44. The van der Waals surface area contributed by atoms with Gasteiger partial charge in [-0.1, -0.05) is 11.8 Å². The Balaban J connectivity index is 1.63. The second-order valence-corrected chi connectivity index (χ2v) is 7.39. The molecule has 1 aliphatic rings. The van der Waals surface area contributed by atoms with Crippen LogP contribution < -0.4 is 11.1 Å². The van der Waals surface area contributed by atoms with Crippen molar-refractivity contribution in [2.75, 3.05) is 38.5 Å². The van der Waals surface area contributed by atoms with Gasteiger partial charge in [-0.25, -0.2) is 14.0 Å². The number of nitrogens with zero attached hydrogens (tertiary/aromatic N) is 4. The molecule has 0 atom stereocenters. The lowest BCUT2D eigenvalue weighted by atomic mass is 10.3. The van der Waals surface area contributed by atoms with Gasteiger partial charge in [-0.2, -0.15) is 0 Å². The van der Waals surface area contributed by atoms with Crippen LogP contribution in [-0.2, 0) is 0 Å². The molecule has 2 heterocycles. The standard InChI is InChI=1S/C15H18BrFN6OS/c16-11-9-10(1-2-12(11)17)20-14(18)13-15(22-24-21-13)25-8-7-23-5-3-19-4-6-23/h1-2,9,19H,3-8H2,(H2,18,20). The second kappa shape index (κ2) is 8.75. The second-order valence-electron chi connectivity index (χ2n) is 5.45. The first-order valence-electron chi connectivity index (χ1n) is 7.81. The Hall–Kier alpha value is -1.49. The van der Waals surface area contributed by atoms with E-state index in [0.717, 1.165) is 38.5 Å². The zero-order valence-corrected chi connectivity index (χ0v) is 15.8. The summed E-state index contributed by atoms with van der Waals surface area (Å²) in [6.07, 6.45) is 0. The van der Waals surface area contributed by atoms with Crippen LogP contribution in [0.25, 0.3) is 0 Å². The van der Waals surface area contributed by atoms with Crippen molar-refractivity contribution in [3.63, 3.8) is 0 Å². The SMILES string of the molecule is NC(=Nc1ccc(F)c(Br)c1)c1nonc1SCCN1CCNCC1. The van der Waals surface area contributed by atoms with Crippen LogP contribution in [0.4, 0.5) is 10.1 Å². The van der Waals surface area contributed by atoms with E-state index < -0.39 is 0 Å². The first-order chi connectivity index (χ1) is 12.1. The Morgan fingerprint density at radius 3 is 2.96 bits per heavy atom. The van der Waals surface area contributed by atoms with E-state index >= 15 is 0 Å². The van der Waals surface area contributed by atoms with E-state index in [4.69, 9.17) is 10.4 Å². The number of aromatic nitrogens is 2. The summed E-state index contributed by atoms with van der Waals surface area (Å²) in [4.78, 5) is 6.66. The average Bonchev–Trinajstić information content (AvgIpc) is 3.08. The summed E-state index contributed by atoms with van der Waals surface area (Å²) in [5.74, 6) is 0.686. The fraction of sp³-hybridized carbons (Fsp3) is 0.400. The fourth-order valence-corrected chi connectivity index (χ4v) is 3.66. The number of thioether (sulfide) groups is 1. The maximum absolute atomic E-state index is 13.3. The molecule has 1 aromatic heterocycles. The van der Waals surface area contributed by atoms with E-state index in [-0.39, 0.29) is 11.7 Å². The van der Waals surface area contributed by atoms with Crippen molar-refractivity contribution in [3.05, 3.63) is 34.2 Å². The van der Waals surface area contributed by atoms with Crippen LogP contribution in [0.2, 0.25) is 0 Å². The van der Waals surface area contributed by atoms with E-state index in [1.54, 1.807) is 6.07 Å². The monoisotopic (exact) mass is 428 g/mol. The van der Waals surface area contributed by atoms with Gasteiger partial charge in [0, 0.05) is 38.5 Å². The summed E-state index contributed by atoms with van der Waals surface area (Å²) in [6.45, 7) is 5.10. The summed E-state index contributed by atoms with van der Waals surface area (Å²) in [6, 6.07) is 4.41. The highest BCUT2D eigenvalue weighted by molar-refractivity contribution is 9.10. The molecule has 0 aliphatic carbocycles. The molecule has 0 saturated carbocycles. The molecule has 0 spiro atoms. The van der Waals surface area contributed by atoms with Crippen LogP contribution in [0.5, 0.6) is 0 Å². The molecule has 3 N–H and O–H groups in total. The Morgan fingerprint density at radius 1 is 1.40 bits per heavy atom. The number of hydrogen-bond acceptors (Lipinski definition) is 7. The highest BCUT2D eigenvalue weighted by Gasteiger charge is 2.16. The first-order valence-corrected chi connectivity index (χ1v) is 9.59. The number of rotatable bonds is 6. The molecule has 1 saturated heterocycles. The van der Waals surface area contributed by atoms with Gasteiger partial charge in [0.15, 0.2) is 16.6 Å². The lowest BCUT2D eigenvalue weighted by molar-refractivity contribution is 0.255. The number of benzene rings is 1. The van der Waals surface area contributed by atoms with Gasteiger partial charge in [-0.15, -0.1) is 0 Å². The van der Waals surface area contributed by atoms with Crippen LogP contribution >= 0.6 is 27.7 Å². The lowest BCUT2D eigenvalue weighted by Gasteiger charge is -2.26. The molecule has 1 fully saturated rings. The van der Waals surface area contributed by atoms with Crippen LogP contribution in [-0.4, -0.2) is 59.5 Å². The summed E-state index contributed by atoms with van der Waals surface area (Å²) in [5.41, 5.74) is 6.95. The molecule has 1 aromatic carbocycles. The fourth-order valence-electron chi connectivity index (χ4n) is 2.38. The zero-order valence-electron chi connectivity index (χ0n) is 13.4. The number of hydrogen-bond donors (Lipinski definition) is 2. The predicted molar refractivity (Wildman–Crippen MR) is 98.8 cm³/mol. The van der Waals surface area contributed by atoms with Gasteiger partial charge in [-0.3, -0.25) is 4.90 Å². The van der Waals surface area contributed by atoms with Crippen LogP contribution in [0.15, 0.2) is 37.3 Å². The Kier molecular flexibility index (Phi) is 6.40. The number of nitrogens with one attached hydrogen (secondary N) is 1. The predicted octanol–water partition coefficient (Wildman–Crippen LogP) is 2.01. The minimum atomic E-state index is -0.357. The van der Waals surface area contributed by atoms with Crippen molar-refractivity contribution in [1.82, 2.24) is 20.5 Å². The van der Waals surface area contributed by atoms with Gasteiger partial charge >= 0.3 is 0 Å². The quantitative estimate of drug-likeness (QED) is 0.412. The maximum atomic E-state index is 13.3. The average molecular weight is 429 g/mol. The van der Waals surface area contributed by atoms with Gasteiger partial charge in [0.25, 0.3) is 0 Å². The Morgan fingerprint density at radius 2 is 2.20 bits per heavy atom. The zero-order chi connectivity index (χ0) is 17.6. The van der Waals surface area contributed by atoms with Crippen molar-refractivity contribution < 1.29 is 9.02 Å². The minimum Gasteiger partial charge on any atom is -0.382 e. The smallest absolute Gasteiger partial charge is 0.183 e.